The van der Waals surface area contributed by atoms with Crippen molar-refractivity contribution in [3.63, 3.8) is 0 Å². The molecule has 112 valence electrons. The van der Waals surface area contributed by atoms with Gasteiger partial charge in [-0.2, -0.15) is 4.98 Å². The van der Waals surface area contributed by atoms with Crippen LogP contribution in [0.25, 0.3) is 0 Å². The number of carbonyl (C=O) groups is 1. The van der Waals surface area contributed by atoms with Crippen LogP contribution < -0.4 is 14.8 Å². The van der Waals surface area contributed by atoms with Gasteiger partial charge in [-0.15, -0.1) is 5.10 Å². The van der Waals surface area contributed by atoms with Crippen LogP contribution in [-0.2, 0) is 4.79 Å². The summed E-state index contributed by atoms with van der Waals surface area (Å²) in [6, 6.07) is 7.64. The number of rotatable bonds is 7. The molecule has 2 rings (SSSR count). The molecule has 8 heteroatoms. The first-order valence-electron chi connectivity index (χ1n) is 6.41. The van der Waals surface area contributed by atoms with Crippen molar-refractivity contribution >= 4 is 27.8 Å². The van der Waals surface area contributed by atoms with Gasteiger partial charge in [0.2, 0.25) is 11.9 Å². The minimum atomic E-state index is -0.218. The SMILES string of the molecule is CCOc1n[nH]c(NC(=O)CCOc2cccc(Br)c2)n1. The quantitative estimate of drug-likeness (QED) is 0.796. The molecular weight excluding hydrogens is 340 g/mol. The summed E-state index contributed by atoms with van der Waals surface area (Å²) in [5, 5.41) is 8.94. The number of amides is 1. The van der Waals surface area contributed by atoms with Crippen molar-refractivity contribution in [2.24, 2.45) is 0 Å². The first-order valence-corrected chi connectivity index (χ1v) is 7.20. The molecule has 1 amide bonds. The van der Waals surface area contributed by atoms with Gasteiger partial charge in [-0.05, 0) is 25.1 Å². The highest BCUT2D eigenvalue weighted by Gasteiger charge is 2.08. The first-order chi connectivity index (χ1) is 10.2. The van der Waals surface area contributed by atoms with E-state index >= 15 is 0 Å². The number of carbonyl (C=O) groups excluding carboxylic acids is 1. The van der Waals surface area contributed by atoms with E-state index in [2.05, 4.69) is 36.4 Å². The number of hydrogen-bond donors (Lipinski definition) is 2. The molecule has 1 aromatic heterocycles. The van der Waals surface area contributed by atoms with Crippen LogP contribution >= 0.6 is 15.9 Å². The molecule has 0 spiro atoms. The number of aromatic nitrogens is 3. The number of aromatic amines is 1. The van der Waals surface area contributed by atoms with Crippen LogP contribution in [0.2, 0.25) is 0 Å². The van der Waals surface area contributed by atoms with Gasteiger partial charge in [-0.25, -0.2) is 5.10 Å². The van der Waals surface area contributed by atoms with Crippen molar-refractivity contribution in [2.45, 2.75) is 13.3 Å². The van der Waals surface area contributed by atoms with Crippen molar-refractivity contribution < 1.29 is 14.3 Å². The number of nitrogens with zero attached hydrogens (tertiary/aromatic N) is 2. The second-order valence-electron chi connectivity index (χ2n) is 4.00. The molecule has 0 radical (unpaired) electrons. The standard InChI is InChI=1S/C13H15BrN4O3/c1-2-20-13-16-12(17-18-13)15-11(19)6-7-21-10-5-3-4-9(14)8-10/h3-5,8H,2,6-7H2,1H3,(H2,15,16,17,18,19). The van der Waals surface area contributed by atoms with Crippen molar-refractivity contribution in [3.8, 4) is 11.8 Å². The molecule has 0 saturated carbocycles. The highest BCUT2D eigenvalue weighted by atomic mass is 79.9. The number of anilines is 1. The van der Waals surface area contributed by atoms with E-state index in [-0.39, 0.29) is 30.9 Å². The van der Waals surface area contributed by atoms with Crippen molar-refractivity contribution in [2.75, 3.05) is 18.5 Å². The molecule has 0 saturated heterocycles. The van der Waals surface area contributed by atoms with E-state index in [9.17, 15) is 4.79 Å². The third-order valence-corrected chi connectivity index (χ3v) is 2.88. The number of H-pyrrole nitrogens is 1. The predicted octanol–water partition coefficient (Wildman–Crippen LogP) is 2.37. The maximum atomic E-state index is 11.7. The predicted molar refractivity (Wildman–Crippen MR) is 80.4 cm³/mol. The van der Waals surface area contributed by atoms with E-state index in [4.69, 9.17) is 9.47 Å². The molecule has 2 N–H and O–H groups in total. The molecule has 0 unspecified atom stereocenters. The molecule has 0 atom stereocenters. The summed E-state index contributed by atoms with van der Waals surface area (Å²) >= 11 is 3.35. The van der Waals surface area contributed by atoms with Gasteiger partial charge in [0.1, 0.15) is 5.75 Å². The van der Waals surface area contributed by atoms with Gasteiger partial charge in [0.05, 0.1) is 19.6 Å². The summed E-state index contributed by atoms with van der Waals surface area (Å²) in [6.07, 6.45) is 0.206. The van der Waals surface area contributed by atoms with Gasteiger partial charge < -0.3 is 9.47 Å². The van der Waals surface area contributed by atoms with Crippen LogP contribution in [-0.4, -0.2) is 34.3 Å². The Hall–Kier alpha value is -2.09. The normalized spacial score (nSPS) is 10.2. The van der Waals surface area contributed by atoms with Crippen molar-refractivity contribution in [1.29, 1.82) is 0 Å². The Morgan fingerprint density at radius 2 is 2.29 bits per heavy atom. The van der Waals surface area contributed by atoms with Gasteiger partial charge in [-0.3, -0.25) is 10.1 Å². The molecule has 0 aliphatic heterocycles. The largest absolute Gasteiger partial charge is 0.493 e. The molecule has 0 aliphatic carbocycles. The second-order valence-corrected chi connectivity index (χ2v) is 4.92. The van der Waals surface area contributed by atoms with E-state index in [0.717, 1.165) is 4.47 Å². The maximum absolute atomic E-state index is 11.7. The summed E-state index contributed by atoms with van der Waals surface area (Å²) in [5.74, 6) is 0.741. The number of benzene rings is 1. The molecule has 0 bridgehead atoms. The Balaban J connectivity index is 1.74. The number of hydrogen-bond acceptors (Lipinski definition) is 5. The lowest BCUT2D eigenvalue weighted by atomic mass is 10.3. The molecule has 0 fully saturated rings. The number of nitrogens with one attached hydrogen (secondary N) is 2. The molecule has 1 heterocycles. The average Bonchev–Trinajstić information content (AvgIpc) is 2.86. The topological polar surface area (TPSA) is 89.1 Å². The van der Waals surface area contributed by atoms with Gasteiger partial charge in [-0.1, -0.05) is 22.0 Å². The zero-order valence-corrected chi connectivity index (χ0v) is 13.0. The van der Waals surface area contributed by atoms with E-state index < -0.39 is 0 Å². The van der Waals surface area contributed by atoms with E-state index in [1.165, 1.54) is 0 Å². The summed E-state index contributed by atoms with van der Waals surface area (Å²) in [6.45, 7) is 2.56. The van der Waals surface area contributed by atoms with E-state index in [1.54, 1.807) is 0 Å². The third-order valence-electron chi connectivity index (χ3n) is 2.39. The van der Waals surface area contributed by atoms with Crippen molar-refractivity contribution in [1.82, 2.24) is 15.2 Å². The van der Waals surface area contributed by atoms with Crippen LogP contribution in [0.4, 0.5) is 5.95 Å². The summed E-state index contributed by atoms with van der Waals surface area (Å²) in [5.41, 5.74) is 0. The summed E-state index contributed by atoms with van der Waals surface area (Å²) < 4.78 is 11.5. The molecule has 0 aliphatic rings. The van der Waals surface area contributed by atoms with E-state index in [1.807, 2.05) is 31.2 Å². The molecule has 2 aromatic rings. The lowest BCUT2D eigenvalue weighted by Crippen LogP contribution is -2.16. The Morgan fingerprint density at radius 1 is 1.43 bits per heavy atom. The Morgan fingerprint density at radius 3 is 3.05 bits per heavy atom. The second kappa shape index (κ2) is 7.63. The minimum Gasteiger partial charge on any atom is -0.493 e. The van der Waals surface area contributed by atoms with Crippen LogP contribution in [0.15, 0.2) is 28.7 Å². The van der Waals surface area contributed by atoms with Crippen LogP contribution in [0, 0.1) is 0 Å². The van der Waals surface area contributed by atoms with Crippen LogP contribution in [0.1, 0.15) is 13.3 Å². The minimum absolute atomic E-state index is 0.206. The van der Waals surface area contributed by atoms with Crippen LogP contribution in [0.3, 0.4) is 0 Å². The van der Waals surface area contributed by atoms with Crippen LogP contribution in [0.5, 0.6) is 11.8 Å². The highest BCUT2D eigenvalue weighted by molar-refractivity contribution is 9.10. The fourth-order valence-electron chi connectivity index (χ4n) is 1.51. The van der Waals surface area contributed by atoms with Gasteiger partial charge in [0.25, 0.3) is 0 Å². The van der Waals surface area contributed by atoms with Gasteiger partial charge >= 0.3 is 6.01 Å². The molecular formula is C13H15BrN4O3. The zero-order chi connectivity index (χ0) is 15.1. The van der Waals surface area contributed by atoms with Crippen molar-refractivity contribution in [3.05, 3.63) is 28.7 Å². The molecule has 1 aromatic carbocycles. The Labute approximate surface area is 130 Å². The number of ether oxygens (including phenoxy) is 2. The summed E-state index contributed by atoms with van der Waals surface area (Å²) in [7, 11) is 0. The lowest BCUT2D eigenvalue weighted by molar-refractivity contribution is -0.116. The van der Waals surface area contributed by atoms with E-state index in [0.29, 0.717) is 12.4 Å². The Kier molecular flexibility index (Phi) is 5.56. The number of halogens is 1. The summed E-state index contributed by atoms with van der Waals surface area (Å²) in [4.78, 5) is 15.7. The molecule has 7 nitrogen and oxygen atoms in total. The third kappa shape index (κ3) is 5.07. The molecule has 21 heavy (non-hydrogen) atoms. The monoisotopic (exact) mass is 354 g/mol. The average molecular weight is 355 g/mol. The fourth-order valence-corrected chi connectivity index (χ4v) is 1.89. The van der Waals surface area contributed by atoms with Gasteiger partial charge in [0, 0.05) is 4.47 Å². The van der Waals surface area contributed by atoms with Gasteiger partial charge in [0.15, 0.2) is 0 Å². The highest BCUT2D eigenvalue weighted by Crippen LogP contribution is 2.17. The first kappa shape index (κ1) is 15.3. The lowest BCUT2D eigenvalue weighted by Gasteiger charge is -2.06. The zero-order valence-electron chi connectivity index (χ0n) is 11.4. The smallest absolute Gasteiger partial charge is 0.337 e. The Bertz CT molecular complexity index is 603. The maximum Gasteiger partial charge on any atom is 0.337 e. The fraction of sp³-hybridized carbons (Fsp3) is 0.308.